The van der Waals surface area contributed by atoms with Crippen LogP contribution in [0.4, 0.5) is 36.4 Å². The van der Waals surface area contributed by atoms with Crippen LogP contribution < -0.4 is 36.9 Å². The van der Waals surface area contributed by atoms with Crippen molar-refractivity contribution in [3.8, 4) is 11.8 Å². The summed E-state index contributed by atoms with van der Waals surface area (Å²) >= 11 is 6.01. The standard InChI is InChI=1S/C30H29ClF3N7O5/c1-28(2,13-35-20-21(42)23(44)22(20)43)14-36-24(45)16-3-9-19(10-4-16)37-25-38-26(40-27(39-25)46-15-30(32,33)34)41-29(11-12-29)17-5-7-18(31)8-6-17/h3-10,35,42H,11-15H2,1-2H3,(H,36,45)(H2,37,38,39,40,41). The quantitative estimate of drug-likeness (QED) is 0.128. The van der Waals surface area contributed by atoms with Crippen LogP contribution >= 0.6 is 11.6 Å². The number of rotatable bonds is 13. The first kappa shape index (κ1) is 32.5. The fourth-order valence-electron chi connectivity index (χ4n) is 4.46. The zero-order valence-electron chi connectivity index (χ0n) is 24.6. The molecule has 0 aliphatic heterocycles. The van der Waals surface area contributed by atoms with Gasteiger partial charge in [0.1, 0.15) is 5.69 Å². The number of amides is 1. The summed E-state index contributed by atoms with van der Waals surface area (Å²) in [6.45, 7) is 2.45. The number of carbonyl (C=O) groups excluding carboxylic acids is 1. The van der Waals surface area contributed by atoms with E-state index in [1.54, 1.807) is 24.3 Å². The zero-order valence-corrected chi connectivity index (χ0v) is 25.3. The van der Waals surface area contributed by atoms with Crippen molar-refractivity contribution in [1.82, 2.24) is 20.3 Å². The highest BCUT2D eigenvalue weighted by Crippen LogP contribution is 2.48. The van der Waals surface area contributed by atoms with Gasteiger partial charge in [-0.2, -0.15) is 28.1 Å². The van der Waals surface area contributed by atoms with Crippen LogP contribution in [0.25, 0.3) is 0 Å². The third-order valence-corrected chi connectivity index (χ3v) is 7.49. The summed E-state index contributed by atoms with van der Waals surface area (Å²) in [7, 11) is 0. The Balaban J connectivity index is 1.24. The maximum absolute atomic E-state index is 12.9. The summed E-state index contributed by atoms with van der Waals surface area (Å²) in [6.07, 6.45) is -3.13. The van der Waals surface area contributed by atoms with Crippen LogP contribution in [-0.4, -0.2) is 51.8 Å². The molecule has 1 heterocycles. The number of nitrogens with zero attached hydrogens (tertiary/aromatic N) is 3. The van der Waals surface area contributed by atoms with E-state index < -0.39 is 46.4 Å². The molecule has 0 radical (unpaired) electrons. The number of ether oxygens (including phenoxy) is 1. The van der Waals surface area contributed by atoms with Crippen molar-refractivity contribution >= 4 is 40.8 Å². The zero-order chi connectivity index (χ0) is 33.3. The second-order valence-electron chi connectivity index (χ2n) is 11.7. The van der Waals surface area contributed by atoms with Crippen molar-refractivity contribution in [3.05, 3.63) is 85.1 Å². The number of benzene rings is 2. The molecule has 4 aromatic rings. The number of nitrogens with one attached hydrogen (secondary N) is 4. The Kier molecular flexibility index (Phi) is 8.80. The molecular weight excluding hydrogens is 631 g/mol. The number of hydrogen-bond acceptors (Lipinski definition) is 11. The first-order valence-electron chi connectivity index (χ1n) is 14.0. The highest BCUT2D eigenvalue weighted by molar-refractivity contribution is 6.30. The van der Waals surface area contributed by atoms with Gasteiger partial charge in [-0.15, -0.1) is 0 Å². The number of halogens is 4. The molecule has 1 aliphatic carbocycles. The molecule has 46 heavy (non-hydrogen) atoms. The predicted molar refractivity (Wildman–Crippen MR) is 165 cm³/mol. The lowest BCUT2D eigenvalue weighted by molar-refractivity contribution is -0.154. The summed E-state index contributed by atoms with van der Waals surface area (Å²) < 4.78 is 43.4. The van der Waals surface area contributed by atoms with Gasteiger partial charge >= 0.3 is 12.2 Å². The summed E-state index contributed by atoms with van der Waals surface area (Å²) in [6, 6.07) is 12.9. The van der Waals surface area contributed by atoms with E-state index in [9.17, 15) is 32.7 Å². The molecule has 5 N–H and O–H groups in total. The van der Waals surface area contributed by atoms with Crippen LogP contribution in [0.1, 0.15) is 42.6 Å². The molecule has 5 rings (SSSR count). The molecule has 1 fully saturated rings. The molecule has 0 bridgehead atoms. The SMILES string of the molecule is CC(C)(CNC(=O)c1ccc(Nc2nc(NC3(c4ccc(Cl)cc4)CC3)nc(OCC(F)(F)F)n2)cc1)CNc1c(O)c(=O)c1=O. The highest BCUT2D eigenvalue weighted by Gasteiger charge is 2.45. The third kappa shape index (κ3) is 7.83. The molecule has 1 aromatic heterocycles. The number of aromatic hydroxyl groups is 1. The molecule has 1 saturated carbocycles. The Labute approximate surface area is 265 Å². The van der Waals surface area contributed by atoms with E-state index in [0.717, 1.165) is 18.4 Å². The van der Waals surface area contributed by atoms with E-state index in [0.29, 0.717) is 16.3 Å². The van der Waals surface area contributed by atoms with Crippen molar-refractivity contribution in [1.29, 1.82) is 0 Å². The molecule has 0 atom stereocenters. The Hall–Kier alpha value is -4.92. The molecule has 1 amide bonds. The lowest BCUT2D eigenvalue weighted by atomic mass is 9.93. The van der Waals surface area contributed by atoms with Gasteiger partial charge in [0.05, 0.1) is 5.54 Å². The van der Waals surface area contributed by atoms with Gasteiger partial charge in [-0.25, -0.2) is 0 Å². The molecule has 16 heteroatoms. The van der Waals surface area contributed by atoms with Gasteiger partial charge in [-0.05, 0) is 60.2 Å². The maximum atomic E-state index is 12.9. The van der Waals surface area contributed by atoms with Gasteiger partial charge in [0, 0.05) is 29.4 Å². The van der Waals surface area contributed by atoms with Gasteiger partial charge in [0.15, 0.2) is 12.4 Å². The molecule has 1 aliphatic rings. The van der Waals surface area contributed by atoms with Crippen LogP contribution in [0.2, 0.25) is 5.02 Å². The minimum absolute atomic E-state index is 0.00926. The van der Waals surface area contributed by atoms with Crippen LogP contribution in [0, 0.1) is 5.41 Å². The molecule has 242 valence electrons. The molecule has 0 saturated heterocycles. The maximum Gasteiger partial charge on any atom is 0.422 e. The Morgan fingerprint density at radius 1 is 0.957 bits per heavy atom. The predicted octanol–water partition coefficient (Wildman–Crippen LogP) is 4.48. The smallest absolute Gasteiger partial charge is 0.422 e. The second-order valence-corrected chi connectivity index (χ2v) is 12.1. The summed E-state index contributed by atoms with van der Waals surface area (Å²) in [5.41, 5.74) is -1.25. The molecule has 0 unspecified atom stereocenters. The largest absolute Gasteiger partial charge is 0.502 e. The van der Waals surface area contributed by atoms with E-state index in [1.165, 1.54) is 12.1 Å². The third-order valence-electron chi connectivity index (χ3n) is 7.24. The Morgan fingerprint density at radius 2 is 1.61 bits per heavy atom. The van der Waals surface area contributed by atoms with Crippen LogP contribution in [0.15, 0.2) is 58.1 Å². The fourth-order valence-corrected chi connectivity index (χ4v) is 4.59. The van der Waals surface area contributed by atoms with E-state index >= 15 is 0 Å². The van der Waals surface area contributed by atoms with E-state index in [-0.39, 0.29) is 36.6 Å². The summed E-state index contributed by atoms with van der Waals surface area (Å²) in [4.78, 5) is 47.8. The monoisotopic (exact) mass is 659 g/mol. The topological polar surface area (TPSA) is 167 Å². The average Bonchev–Trinajstić information content (AvgIpc) is 3.79. The first-order valence-corrected chi connectivity index (χ1v) is 14.4. The van der Waals surface area contributed by atoms with Gasteiger partial charge in [-0.1, -0.05) is 37.6 Å². The van der Waals surface area contributed by atoms with Crippen molar-refractivity contribution in [2.24, 2.45) is 5.41 Å². The van der Waals surface area contributed by atoms with Crippen LogP contribution in [0.3, 0.4) is 0 Å². The van der Waals surface area contributed by atoms with Crippen molar-refractivity contribution < 1.29 is 27.8 Å². The van der Waals surface area contributed by atoms with Gasteiger partial charge < -0.3 is 31.1 Å². The van der Waals surface area contributed by atoms with Crippen molar-refractivity contribution in [3.63, 3.8) is 0 Å². The fraction of sp³-hybridized carbons (Fsp3) is 0.333. The van der Waals surface area contributed by atoms with E-state index in [1.807, 2.05) is 26.0 Å². The van der Waals surface area contributed by atoms with Crippen LogP contribution in [0.5, 0.6) is 11.8 Å². The Bertz CT molecular complexity index is 1800. The molecule has 0 spiro atoms. The normalized spacial score (nSPS) is 14.0. The van der Waals surface area contributed by atoms with Gasteiger partial charge in [0.25, 0.3) is 16.8 Å². The second kappa shape index (κ2) is 12.5. The minimum Gasteiger partial charge on any atom is -0.502 e. The van der Waals surface area contributed by atoms with E-state index in [4.69, 9.17) is 16.3 Å². The average molecular weight is 660 g/mol. The highest BCUT2D eigenvalue weighted by atomic mass is 35.5. The van der Waals surface area contributed by atoms with Gasteiger partial charge in [-0.3, -0.25) is 14.4 Å². The number of hydrogen-bond donors (Lipinski definition) is 5. The van der Waals surface area contributed by atoms with E-state index in [2.05, 4.69) is 36.2 Å². The number of carbonyl (C=O) groups is 1. The Morgan fingerprint density at radius 3 is 2.22 bits per heavy atom. The minimum atomic E-state index is -4.60. The molecular formula is C30H29ClF3N7O5. The number of aromatic nitrogens is 3. The first-order chi connectivity index (χ1) is 21.6. The molecule has 12 nitrogen and oxygen atoms in total. The van der Waals surface area contributed by atoms with Gasteiger partial charge in [0.2, 0.25) is 11.9 Å². The van der Waals surface area contributed by atoms with Crippen LogP contribution in [-0.2, 0) is 5.54 Å². The lowest BCUT2D eigenvalue weighted by Crippen LogP contribution is -2.40. The number of anilines is 4. The van der Waals surface area contributed by atoms with Crippen molar-refractivity contribution in [2.75, 3.05) is 35.6 Å². The molecule has 3 aromatic carbocycles. The van der Waals surface area contributed by atoms with Crippen molar-refractivity contribution in [2.45, 2.75) is 38.4 Å². The summed E-state index contributed by atoms with van der Waals surface area (Å²) in [5, 5.41) is 21.7. The summed E-state index contributed by atoms with van der Waals surface area (Å²) in [5.74, 6) is -1.06. The lowest BCUT2D eigenvalue weighted by Gasteiger charge is -2.26. The number of alkyl halides is 3.